The number of urea groups is 1. The van der Waals surface area contributed by atoms with Crippen molar-refractivity contribution in [3.63, 3.8) is 0 Å². The van der Waals surface area contributed by atoms with Gasteiger partial charge >= 0.3 is 6.03 Å². The molecule has 2 atom stereocenters. The van der Waals surface area contributed by atoms with Gasteiger partial charge in [0, 0.05) is 0 Å². The number of aromatic nitrogens is 4. The van der Waals surface area contributed by atoms with Gasteiger partial charge in [0.15, 0.2) is 5.82 Å². The number of nitrogens with one attached hydrogen (secondary N) is 1. The molecule has 23 heavy (non-hydrogen) atoms. The predicted molar refractivity (Wildman–Crippen MR) is 80.1 cm³/mol. The number of carbonyl (C=O) groups is 2. The van der Waals surface area contributed by atoms with Gasteiger partial charge in [-0.15, -0.1) is 5.10 Å². The molecule has 4 rings (SSSR count). The van der Waals surface area contributed by atoms with E-state index in [4.69, 9.17) is 0 Å². The van der Waals surface area contributed by atoms with Crippen LogP contribution in [-0.4, -0.2) is 42.6 Å². The summed E-state index contributed by atoms with van der Waals surface area (Å²) in [5.41, 5.74) is -0.757. The van der Waals surface area contributed by atoms with Crippen LogP contribution in [0.1, 0.15) is 57.8 Å². The first-order valence-corrected chi connectivity index (χ1v) is 8.45. The smallest absolute Gasteiger partial charge is 0.323 e. The minimum Gasteiger partial charge on any atom is -0.323 e. The van der Waals surface area contributed by atoms with E-state index >= 15 is 0 Å². The van der Waals surface area contributed by atoms with Crippen molar-refractivity contribution < 1.29 is 9.59 Å². The molecule has 2 heterocycles. The van der Waals surface area contributed by atoms with Gasteiger partial charge in [-0.05, 0) is 47.9 Å². The van der Waals surface area contributed by atoms with Crippen LogP contribution in [0, 0.1) is 11.8 Å². The summed E-state index contributed by atoms with van der Waals surface area (Å²) in [6, 6.07) is 0.00296. The molecule has 1 saturated heterocycles. The molecular formula is C15H22N6O2. The molecule has 124 valence electrons. The molecule has 1 N–H and O–H groups in total. The highest BCUT2D eigenvalue weighted by atomic mass is 16.2. The van der Waals surface area contributed by atoms with E-state index in [0.717, 1.165) is 32.1 Å². The third-order valence-electron chi connectivity index (χ3n) is 5.74. The molecule has 3 aliphatic rings. The maximum absolute atomic E-state index is 13.1. The van der Waals surface area contributed by atoms with Gasteiger partial charge in [-0.1, -0.05) is 20.3 Å². The lowest BCUT2D eigenvalue weighted by molar-refractivity contribution is -0.137. The van der Waals surface area contributed by atoms with Crippen LogP contribution in [0.3, 0.4) is 0 Å². The highest BCUT2D eigenvalue weighted by molar-refractivity contribution is 6.07. The molecule has 1 aliphatic heterocycles. The summed E-state index contributed by atoms with van der Waals surface area (Å²) in [5.74, 6) is 0.760. The number of nitrogens with zero attached hydrogens (tertiary/aromatic N) is 5. The molecule has 0 radical (unpaired) electrons. The Kier molecular flexibility index (Phi) is 3.18. The topological polar surface area (TPSA) is 93.0 Å². The Morgan fingerprint density at radius 2 is 1.87 bits per heavy atom. The van der Waals surface area contributed by atoms with Gasteiger partial charge in [0.05, 0.1) is 12.6 Å². The zero-order chi connectivity index (χ0) is 16.2. The quantitative estimate of drug-likeness (QED) is 0.847. The highest BCUT2D eigenvalue weighted by Crippen LogP contribution is 2.42. The molecule has 8 nitrogen and oxygen atoms in total. The van der Waals surface area contributed by atoms with Crippen molar-refractivity contribution in [3.05, 3.63) is 5.82 Å². The molecule has 3 amide bonds. The molecule has 1 spiro atoms. The van der Waals surface area contributed by atoms with Gasteiger partial charge in [0.2, 0.25) is 0 Å². The van der Waals surface area contributed by atoms with E-state index in [0.29, 0.717) is 11.9 Å². The lowest BCUT2D eigenvalue weighted by Crippen LogP contribution is -2.58. The lowest BCUT2D eigenvalue weighted by atomic mass is 9.67. The van der Waals surface area contributed by atoms with E-state index in [1.807, 2.05) is 0 Å². The van der Waals surface area contributed by atoms with E-state index in [2.05, 4.69) is 34.7 Å². The number of hydrogen-bond donors (Lipinski definition) is 1. The van der Waals surface area contributed by atoms with Crippen molar-refractivity contribution >= 4 is 11.9 Å². The van der Waals surface area contributed by atoms with Gasteiger partial charge in [0.25, 0.3) is 5.91 Å². The average Bonchev–Trinajstić information content (AvgIpc) is 3.21. The standard InChI is InChI=1S/C15H22N6O2/c1-9-4-3-5-10(2)15(9)13(22)20(14(23)16-15)8-12-17-18-19-21(12)11-6-7-11/h9-11H,3-8H2,1-2H3,(H,16,23)/t9-,10-/m1/s1. The summed E-state index contributed by atoms with van der Waals surface area (Å²) in [5, 5.41) is 14.7. The van der Waals surface area contributed by atoms with Crippen LogP contribution in [0.15, 0.2) is 0 Å². The molecule has 0 unspecified atom stereocenters. The highest BCUT2D eigenvalue weighted by Gasteiger charge is 2.58. The number of imide groups is 1. The molecular weight excluding hydrogens is 296 g/mol. The molecule has 2 aliphatic carbocycles. The van der Waals surface area contributed by atoms with E-state index in [1.54, 1.807) is 4.68 Å². The first-order valence-electron chi connectivity index (χ1n) is 8.45. The summed E-state index contributed by atoms with van der Waals surface area (Å²) in [6.07, 6.45) is 5.13. The van der Waals surface area contributed by atoms with Crippen LogP contribution in [0.2, 0.25) is 0 Å². The Balaban J connectivity index is 1.61. The maximum Gasteiger partial charge on any atom is 0.325 e. The number of rotatable bonds is 3. The summed E-state index contributed by atoms with van der Waals surface area (Å²) in [6.45, 7) is 4.27. The third kappa shape index (κ3) is 2.07. The molecule has 8 heteroatoms. The Labute approximate surface area is 134 Å². The van der Waals surface area contributed by atoms with Crippen LogP contribution in [0.5, 0.6) is 0 Å². The van der Waals surface area contributed by atoms with Gasteiger partial charge < -0.3 is 5.32 Å². The number of tetrazole rings is 1. The first kappa shape index (κ1) is 14.6. The molecule has 3 fully saturated rings. The third-order valence-corrected chi connectivity index (χ3v) is 5.74. The van der Waals surface area contributed by atoms with Crippen molar-refractivity contribution in [2.24, 2.45) is 11.8 Å². The zero-order valence-electron chi connectivity index (χ0n) is 13.5. The summed E-state index contributed by atoms with van der Waals surface area (Å²) < 4.78 is 1.75. The van der Waals surface area contributed by atoms with Gasteiger partial charge in [-0.2, -0.15) is 0 Å². The Hall–Kier alpha value is -1.99. The minimum absolute atomic E-state index is 0.118. The number of amides is 3. The maximum atomic E-state index is 13.1. The van der Waals surface area contributed by atoms with Gasteiger partial charge in [-0.3, -0.25) is 9.69 Å². The SMILES string of the molecule is C[C@@H]1CCC[C@@H](C)C12NC(=O)N(Cc1nnnn1C1CC1)C2=O. The van der Waals surface area contributed by atoms with Gasteiger partial charge in [0.1, 0.15) is 5.54 Å². The molecule has 2 saturated carbocycles. The van der Waals surface area contributed by atoms with E-state index < -0.39 is 5.54 Å². The fourth-order valence-electron chi connectivity index (χ4n) is 4.16. The second-order valence-corrected chi connectivity index (χ2v) is 7.19. The minimum atomic E-state index is -0.757. The monoisotopic (exact) mass is 318 g/mol. The predicted octanol–water partition coefficient (Wildman–Crippen LogP) is 1.25. The molecule has 1 aromatic rings. The van der Waals surface area contributed by atoms with Crippen LogP contribution in [-0.2, 0) is 11.3 Å². The summed E-state index contributed by atoms with van der Waals surface area (Å²) in [4.78, 5) is 26.9. The van der Waals surface area contributed by atoms with Crippen molar-refractivity contribution in [2.75, 3.05) is 0 Å². The van der Waals surface area contributed by atoms with Crippen molar-refractivity contribution in [1.82, 2.24) is 30.4 Å². The van der Waals surface area contributed by atoms with E-state index in [9.17, 15) is 9.59 Å². The normalized spacial score (nSPS) is 30.1. The average molecular weight is 318 g/mol. The van der Waals surface area contributed by atoms with Crippen molar-refractivity contribution in [1.29, 1.82) is 0 Å². The van der Waals surface area contributed by atoms with E-state index in [-0.39, 0.29) is 30.3 Å². The largest absolute Gasteiger partial charge is 0.325 e. The van der Waals surface area contributed by atoms with Crippen LogP contribution in [0.4, 0.5) is 4.79 Å². The van der Waals surface area contributed by atoms with Crippen molar-refractivity contribution in [3.8, 4) is 0 Å². The summed E-state index contributed by atoms with van der Waals surface area (Å²) in [7, 11) is 0. The van der Waals surface area contributed by atoms with Crippen molar-refractivity contribution in [2.45, 2.75) is 64.1 Å². The first-order chi connectivity index (χ1) is 11.0. The lowest BCUT2D eigenvalue weighted by Gasteiger charge is -2.42. The second kappa shape index (κ2) is 5.01. The second-order valence-electron chi connectivity index (χ2n) is 7.19. The number of carbonyl (C=O) groups excluding carboxylic acids is 2. The van der Waals surface area contributed by atoms with Gasteiger partial charge in [-0.25, -0.2) is 9.48 Å². The fraction of sp³-hybridized carbons (Fsp3) is 0.800. The van der Waals surface area contributed by atoms with E-state index in [1.165, 1.54) is 4.90 Å². The summed E-state index contributed by atoms with van der Waals surface area (Å²) >= 11 is 0. The van der Waals surface area contributed by atoms with Crippen LogP contribution < -0.4 is 5.32 Å². The van der Waals surface area contributed by atoms with Crippen LogP contribution in [0.25, 0.3) is 0 Å². The molecule has 0 bridgehead atoms. The molecule has 0 aromatic carbocycles. The number of hydrogen-bond acceptors (Lipinski definition) is 5. The Bertz CT molecular complexity index is 642. The fourth-order valence-corrected chi connectivity index (χ4v) is 4.16. The van der Waals surface area contributed by atoms with Crippen LogP contribution >= 0.6 is 0 Å². The Morgan fingerprint density at radius 3 is 2.52 bits per heavy atom. The molecule has 1 aromatic heterocycles. The zero-order valence-corrected chi connectivity index (χ0v) is 13.5. The Morgan fingerprint density at radius 1 is 1.17 bits per heavy atom.